The van der Waals surface area contributed by atoms with Crippen molar-refractivity contribution in [3.05, 3.63) is 29.8 Å². The first-order chi connectivity index (χ1) is 9.11. The van der Waals surface area contributed by atoms with Crippen LogP contribution in [0.15, 0.2) is 24.3 Å². The molecule has 0 bridgehead atoms. The fourth-order valence-electron chi connectivity index (χ4n) is 1.95. The van der Waals surface area contributed by atoms with Crippen LogP contribution in [0.3, 0.4) is 0 Å². The number of carbonyl (C=O) groups is 2. The molecule has 5 nitrogen and oxygen atoms in total. The van der Waals surface area contributed by atoms with E-state index in [0.29, 0.717) is 30.3 Å². The minimum Gasteiger partial charge on any atom is -0.351 e. The Balaban J connectivity index is 1.98. The maximum atomic E-state index is 11.8. The van der Waals surface area contributed by atoms with Crippen LogP contribution in [0.5, 0.6) is 0 Å². The second-order valence-corrected chi connectivity index (χ2v) is 4.93. The smallest absolute Gasteiger partial charge is 0.251 e. The Morgan fingerprint density at radius 1 is 1.42 bits per heavy atom. The van der Waals surface area contributed by atoms with Gasteiger partial charge in [-0.05, 0) is 30.5 Å². The van der Waals surface area contributed by atoms with Crippen molar-refractivity contribution in [2.45, 2.75) is 13.3 Å². The molecule has 102 valence electrons. The van der Waals surface area contributed by atoms with Crippen molar-refractivity contribution >= 4 is 17.5 Å². The second-order valence-electron chi connectivity index (χ2n) is 4.93. The van der Waals surface area contributed by atoms with Crippen LogP contribution in [0.4, 0.5) is 5.69 Å². The number of nitrogens with two attached hydrogens (primary N) is 1. The number of rotatable bonds is 5. The van der Waals surface area contributed by atoms with Gasteiger partial charge in [0.25, 0.3) is 5.91 Å². The highest BCUT2D eigenvalue weighted by Crippen LogP contribution is 2.38. The van der Waals surface area contributed by atoms with E-state index in [1.165, 1.54) is 0 Å². The molecule has 4 N–H and O–H groups in total. The van der Waals surface area contributed by atoms with Crippen molar-refractivity contribution in [1.29, 1.82) is 0 Å². The number of amides is 2. The summed E-state index contributed by atoms with van der Waals surface area (Å²) in [6.07, 6.45) is 0.947. The predicted molar refractivity (Wildman–Crippen MR) is 73.7 cm³/mol. The molecule has 1 aromatic carbocycles. The summed E-state index contributed by atoms with van der Waals surface area (Å²) in [5, 5.41) is 5.54. The third kappa shape index (κ3) is 3.54. The van der Waals surface area contributed by atoms with Crippen LogP contribution in [0.1, 0.15) is 23.7 Å². The van der Waals surface area contributed by atoms with Gasteiger partial charge in [-0.15, -0.1) is 0 Å². The van der Waals surface area contributed by atoms with Gasteiger partial charge in [-0.2, -0.15) is 0 Å². The fraction of sp³-hybridized carbons (Fsp3) is 0.429. The van der Waals surface area contributed by atoms with Gasteiger partial charge in [0.05, 0.1) is 0 Å². The van der Waals surface area contributed by atoms with Crippen LogP contribution in [0, 0.1) is 11.8 Å². The Kier molecular flexibility index (Phi) is 4.16. The molecule has 1 aliphatic carbocycles. The van der Waals surface area contributed by atoms with Gasteiger partial charge in [-0.1, -0.05) is 13.0 Å². The summed E-state index contributed by atoms with van der Waals surface area (Å²) in [6.45, 7) is 2.90. The van der Waals surface area contributed by atoms with E-state index in [1.54, 1.807) is 24.3 Å². The minimum atomic E-state index is -0.179. The lowest BCUT2D eigenvalue weighted by molar-refractivity contribution is -0.117. The average Bonchev–Trinajstić information content (AvgIpc) is 3.13. The second kappa shape index (κ2) is 5.84. The van der Waals surface area contributed by atoms with Gasteiger partial charge in [-0.25, -0.2) is 0 Å². The summed E-state index contributed by atoms with van der Waals surface area (Å²) in [7, 11) is 0. The van der Waals surface area contributed by atoms with E-state index in [1.807, 2.05) is 0 Å². The van der Waals surface area contributed by atoms with Crippen LogP contribution in [-0.4, -0.2) is 24.9 Å². The molecule has 1 saturated carbocycles. The molecule has 0 spiro atoms. The fourth-order valence-corrected chi connectivity index (χ4v) is 1.95. The van der Waals surface area contributed by atoms with Crippen LogP contribution < -0.4 is 16.4 Å². The average molecular weight is 261 g/mol. The van der Waals surface area contributed by atoms with Gasteiger partial charge < -0.3 is 16.4 Å². The summed E-state index contributed by atoms with van der Waals surface area (Å²) in [5.74, 6) is 0.444. The molecule has 0 aliphatic heterocycles. The normalized spacial score (nSPS) is 20.7. The molecule has 0 heterocycles. The molecular weight excluding hydrogens is 242 g/mol. The first-order valence-corrected chi connectivity index (χ1v) is 6.51. The summed E-state index contributed by atoms with van der Waals surface area (Å²) in [6, 6.07) is 6.92. The molecule has 2 unspecified atom stereocenters. The maximum Gasteiger partial charge on any atom is 0.251 e. The number of anilines is 1. The van der Waals surface area contributed by atoms with E-state index in [2.05, 4.69) is 17.6 Å². The molecule has 0 aromatic heterocycles. The van der Waals surface area contributed by atoms with Crippen molar-refractivity contribution < 1.29 is 9.59 Å². The Hall–Kier alpha value is -1.88. The van der Waals surface area contributed by atoms with Crippen molar-refractivity contribution in [1.82, 2.24) is 5.32 Å². The highest BCUT2D eigenvalue weighted by molar-refractivity contribution is 5.98. The largest absolute Gasteiger partial charge is 0.351 e. The van der Waals surface area contributed by atoms with Crippen LogP contribution in [0.2, 0.25) is 0 Å². The lowest BCUT2D eigenvalue weighted by Gasteiger charge is -2.07. The van der Waals surface area contributed by atoms with E-state index < -0.39 is 0 Å². The molecular formula is C14H19N3O2. The Labute approximate surface area is 112 Å². The quantitative estimate of drug-likeness (QED) is 0.738. The summed E-state index contributed by atoms with van der Waals surface area (Å²) in [4.78, 5) is 23.6. The zero-order valence-corrected chi connectivity index (χ0v) is 11.0. The Morgan fingerprint density at radius 2 is 2.16 bits per heavy atom. The molecule has 5 heteroatoms. The molecule has 0 radical (unpaired) electrons. The minimum absolute atomic E-state index is 0.0343. The highest BCUT2D eigenvalue weighted by Gasteiger charge is 2.39. The van der Waals surface area contributed by atoms with E-state index in [0.717, 1.165) is 6.42 Å². The lowest BCUT2D eigenvalue weighted by Crippen LogP contribution is -2.29. The van der Waals surface area contributed by atoms with Crippen LogP contribution in [-0.2, 0) is 4.79 Å². The predicted octanol–water partition coefficient (Wildman–Crippen LogP) is 0.970. The van der Waals surface area contributed by atoms with E-state index >= 15 is 0 Å². The number of nitrogens with one attached hydrogen (secondary N) is 2. The summed E-state index contributed by atoms with van der Waals surface area (Å²) in [5.41, 5.74) is 6.51. The highest BCUT2D eigenvalue weighted by atomic mass is 16.2. The molecule has 2 atom stereocenters. The lowest BCUT2D eigenvalue weighted by atomic mass is 10.2. The van der Waals surface area contributed by atoms with Gasteiger partial charge in [0, 0.05) is 30.3 Å². The number of hydrogen-bond acceptors (Lipinski definition) is 3. The third-order valence-corrected chi connectivity index (χ3v) is 3.27. The molecule has 1 aliphatic rings. The monoisotopic (exact) mass is 261 g/mol. The number of hydrogen-bond donors (Lipinski definition) is 3. The van der Waals surface area contributed by atoms with Gasteiger partial charge in [0.2, 0.25) is 5.91 Å². The van der Waals surface area contributed by atoms with Gasteiger partial charge in [0.15, 0.2) is 0 Å². The molecule has 2 rings (SSSR count). The molecule has 2 amide bonds. The van der Waals surface area contributed by atoms with Crippen LogP contribution >= 0.6 is 0 Å². The number of benzene rings is 1. The van der Waals surface area contributed by atoms with E-state index in [9.17, 15) is 9.59 Å². The van der Waals surface area contributed by atoms with Crippen molar-refractivity contribution in [2.75, 3.05) is 18.4 Å². The maximum absolute atomic E-state index is 11.8. The Bertz CT molecular complexity index is 487. The van der Waals surface area contributed by atoms with Gasteiger partial charge in [0.1, 0.15) is 0 Å². The first-order valence-electron chi connectivity index (χ1n) is 6.51. The molecule has 1 aromatic rings. The van der Waals surface area contributed by atoms with Gasteiger partial charge >= 0.3 is 0 Å². The van der Waals surface area contributed by atoms with Crippen LogP contribution in [0.25, 0.3) is 0 Å². The van der Waals surface area contributed by atoms with E-state index in [-0.39, 0.29) is 17.7 Å². The number of carbonyl (C=O) groups excluding carboxylic acids is 2. The van der Waals surface area contributed by atoms with E-state index in [4.69, 9.17) is 5.73 Å². The first kappa shape index (κ1) is 13.5. The Morgan fingerprint density at radius 3 is 2.79 bits per heavy atom. The standard InChI is InChI=1S/C14H19N3O2/c1-9-7-12(9)14(19)17-11-4-2-3-10(8-11)13(18)16-6-5-15/h2-4,8-9,12H,5-7,15H2,1H3,(H,16,18)(H,17,19). The molecule has 0 saturated heterocycles. The molecule has 1 fully saturated rings. The zero-order chi connectivity index (χ0) is 13.8. The summed E-state index contributed by atoms with van der Waals surface area (Å²) < 4.78 is 0. The topological polar surface area (TPSA) is 84.2 Å². The SMILES string of the molecule is CC1CC1C(=O)Nc1cccc(C(=O)NCCN)c1. The van der Waals surface area contributed by atoms with Crippen molar-refractivity contribution in [3.63, 3.8) is 0 Å². The van der Waals surface area contributed by atoms with Gasteiger partial charge in [-0.3, -0.25) is 9.59 Å². The van der Waals surface area contributed by atoms with Crippen molar-refractivity contribution in [2.24, 2.45) is 17.6 Å². The summed E-state index contributed by atoms with van der Waals surface area (Å²) >= 11 is 0. The van der Waals surface area contributed by atoms with Crippen molar-refractivity contribution in [3.8, 4) is 0 Å². The third-order valence-electron chi connectivity index (χ3n) is 3.27. The molecule has 19 heavy (non-hydrogen) atoms. The zero-order valence-electron chi connectivity index (χ0n) is 11.0.